The van der Waals surface area contributed by atoms with Crippen molar-refractivity contribution in [2.75, 3.05) is 5.75 Å². The zero-order valence-corrected chi connectivity index (χ0v) is 8.98. The van der Waals surface area contributed by atoms with Crippen molar-refractivity contribution in [2.24, 2.45) is 0 Å². The van der Waals surface area contributed by atoms with Gasteiger partial charge in [0.15, 0.2) is 4.34 Å². The van der Waals surface area contributed by atoms with E-state index in [0.717, 1.165) is 9.35 Å². The zero-order valence-electron chi connectivity index (χ0n) is 7.35. The number of aliphatic carboxylic acids is 1. The van der Waals surface area contributed by atoms with Crippen LogP contribution in [0.25, 0.3) is 0 Å². The maximum absolute atomic E-state index is 10.2. The van der Waals surface area contributed by atoms with Gasteiger partial charge in [0.1, 0.15) is 5.01 Å². The van der Waals surface area contributed by atoms with E-state index in [0.29, 0.717) is 5.92 Å². The lowest BCUT2D eigenvalue weighted by molar-refractivity contribution is -0.133. The molecule has 72 valence electrons. The molecule has 0 saturated carbocycles. The van der Waals surface area contributed by atoms with E-state index >= 15 is 0 Å². The normalized spacial score (nSPS) is 10.7. The molecule has 13 heavy (non-hydrogen) atoms. The van der Waals surface area contributed by atoms with E-state index < -0.39 is 5.97 Å². The number of hydrogen-bond acceptors (Lipinski definition) is 5. The molecule has 0 aliphatic carbocycles. The Kier molecular flexibility index (Phi) is 3.68. The number of rotatable bonds is 4. The van der Waals surface area contributed by atoms with Crippen LogP contribution in [0.3, 0.4) is 0 Å². The minimum Gasteiger partial charge on any atom is -0.481 e. The fraction of sp³-hybridized carbons (Fsp3) is 0.571. The summed E-state index contributed by atoms with van der Waals surface area (Å²) in [7, 11) is 0. The zero-order chi connectivity index (χ0) is 9.84. The van der Waals surface area contributed by atoms with Gasteiger partial charge >= 0.3 is 5.97 Å². The van der Waals surface area contributed by atoms with Gasteiger partial charge in [-0.25, -0.2) is 0 Å². The van der Waals surface area contributed by atoms with Crippen LogP contribution in [0.1, 0.15) is 24.8 Å². The first-order valence-electron chi connectivity index (χ1n) is 3.77. The van der Waals surface area contributed by atoms with Crippen LogP contribution < -0.4 is 0 Å². The van der Waals surface area contributed by atoms with Crippen LogP contribution in [0.2, 0.25) is 0 Å². The highest BCUT2D eigenvalue weighted by atomic mass is 32.2. The number of carbonyl (C=O) groups is 1. The SMILES string of the molecule is CC(C)c1nnc(SCC(=O)O)s1. The molecule has 1 N–H and O–H groups in total. The summed E-state index contributed by atoms with van der Waals surface area (Å²) in [5.74, 6) is -0.421. The molecule has 6 heteroatoms. The molecule has 0 atom stereocenters. The fourth-order valence-corrected chi connectivity index (χ4v) is 2.23. The molecule has 0 spiro atoms. The van der Waals surface area contributed by atoms with Crippen LogP contribution in [-0.2, 0) is 4.79 Å². The maximum atomic E-state index is 10.2. The second kappa shape index (κ2) is 4.57. The Morgan fingerprint density at radius 2 is 2.31 bits per heavy atom. The van der Waals surface area contributed by atoms with Crippen LogP contribution in [-0.4, -0.2) is 27.0 Å². The predicted molar refractivity (Wildman–Crippen MR) is 52.4 cm³/mol. The lowest BCUT2D eigenvalue weighted by Gasteiger charge is -1.93. The second-order valence-electron chi connectivity index (χ2n) is 2.74. The van der Waals surface area contributed by atoms with Gasteiger partial charge in [0.2, 0.25) is 0 Å². The monoisotopic (exact) mass is 218 g/mol. The maximum Gasteiger partial charge on any atom is 0.313 e. The average Bonchev–Trinajstić information content (AvgIpc) is 2.48. The van der Waals surface area contributed by atoms with E-state index in [4.69, 9.17) is 5.11 Å². The van der Waals surface area contributed by atoms with E-state index in [1.165, 1.54) is 23.1 Å². The molecule has 0 aliphatic rings. The highest BCUT2D eigenvalue weighted by Crippen LogP contribution is 2.26. The van der Waals surface area contributed by atoms with Crippen molar-refractivity contribution in [2.45, 2.75) is 24.1 Å². The van der Waals surface area contributed by atoms with Crippen molar-refractivity contribution >= 4 is 29.1 Å². The first-order valence-corrected chi connectivity index (χ1v) is 5.58. The lowest BCUT2D eigenvalue weighted by Crippen LogP contribution is -1.96. The van der Waals surface area contributed by atoms with E-state index in [2.05, 4.69) is 10.2 Å². The third-order valence-electron chi connectivity index (χ3n) is 1.24. The van der Waals surface area contributed by atoms with Gasteiger partial charge in [0, 0.05) is 5.92 Å². The molecule has 1 aromatic rings. The number of hydrogen-bond donors (Lipinski definition) is 1. The Morgan fingerprint density at radius 3 is 2.77 bits per heavy atom. The molecule has 0 saturated heterocycles. The van der Waals surface area contributed by atoms with Crippen molar-refractivity contribution in [3.8, 4) is 0 Å². The first kappa shape index (κ1) is 10.5. The summed E-state index contributed by atoms with van der Waals surface area (Å²) < 4.78 is 0.728. The van der Waals surface area contributed by atoms with Crippen molar-refractivity contribution in [3.05, 3.63) is 5.01 Å². The Balaban J connectivity index is 2.54. The minimum atomic E-state index is -0.828. The Hall–Kier alpha value is -0.620. The van der Waals surface area contributed by atoms with E-state index in [1.54, 1.807) is 0 Å². The summed E-state index contributed by atoms with van der Waals surface area (Å²) in [4.78, 5) is 10.2. The third-order valence-corrected chi connectivity index (χ3v) is 3.58. The Bertz CT molecular complexity index is 298. The van der Waals surface area contributed by atoms with Crippen LogP contribution in [0, 0.1) is 0 Å². The molecule has 0 unspecified atom stereocenters. The number of thioether (sulfide) groups is 1. The summed E-state index contributed by atoms with van der Waals surface area (Å²) in [6.07, 6.45) is 0. The molecule has 0 amide bonds. The highest BCUT2D eigenvalue weighted by Gasteiger charge is 2.09. The summed E-state index contributed by atoms with van der Waals surface area (Å²) in [5, 5.41) is 17.2. The Labute approximate surface area is 84.4 Å². The third kappa shape index (κ3) is 3.31. The smallest absolute Gasteiger partial charge is 0.313 e. The van der Waals surface area contributed by atoms with Crippen LogP contribution in [0.15, 0.2) is 4.34 Å². The summed E-state index contributed by atoms with van der Waals surface area (Å²) in [6.45, 7) is 4.07. The van der Waals surface area contributed by atoms with Crippen molar-refractivity contribution < 1.29 is 9.90 Å². The molecule has 0 fully saturated rings. The van der Waals surface area contributed by atoms with Crippen LogP contribution >= 0.6 is 23.1 Å². The van der Waals surface area contributed by atoms with Crippen molar-refractivity contribution in [1.29, 1.82) is 0 Å². The van der Waals surface area contributed by atoms with Gasteiger partial charge in [-0.3, -0.25) is 4.79 Å². The fourth-order valence-electron chi connectivity index (χ4n) is 0.636. The standard InChI is InChI=1S/C7H10N2O2S2/c1-4(2)6-8-9-7(13-6)12-3-5(10)11/h4H,3H2,1-2H3,(H,10,11). The van der Waals surface area contributed by atoms with Gasteiger partial charge in [-0.05, 0) is 0 Å². The molecular weight excluding hydrogens is 208 g/mol. The van der Waals surface area contributed by atoms with Gasteiger partial charge in [0.05, 0.1) is 5.75 Å². The molecule has 1 rings (SSSR count). The Morgan fingerprint density at radius 1 is 1.62 bits per heavy atom. The molecule has 0 bridgehead atoms. The number of carboxylic acid groups (broad SMARTS) is 1. The summed E-state index contributed by atoms with van der Waals surface area (Å²) in [6, 6.07) is 0. The highest BCUT2D eigenvalue weighted by molar-refractivity contribution is 8.01. The summed E-state index contributed by atoms with van der Waals surface area (Å²) >= 11 is 2.67. The largest absolute Gasteiger partial charge is 0.481 e. The van der Waals surface area contributed by atoms with Crippen molar-refractivity contribution in [3.63, 3.8) is 0 Å². The lowest BCUT2D eigenvalue weighted by atomic mass is 10.2. The summed E-state index contributed by atoms with van der Waals surface area (Å²) in [5.41, 5.74) is 0. The second-order valence-corrected chi connectivity index (χ2v) is 4.97. The molecule has 4 nitrogen and oxygen atoms in total. The molecule has 1 heterocycles. The molecule has 0 radical (unpaired) electrons. The topological polar surface area (TPSA) is 63.1 Å². The quantitative estimate of drug-likeness (QED) is 0.781. The molecule has 1 aromatic heterocycles. The number of carboxylic acids is 1. The van der Waals surface area contributed by atoms with Crippen LogP contribution in [0.4, 0.5) is 0 Å². The minimum absolute atomic E-state index is 0.0483. The number of nitrogens with zero attached hydrogens (tertiary/aromatic N) is 2. The van der Waals surface area contributed by atoms with Gasteiger partial charge in [-0.2, -0.15) is 0 Å². The first-order chi connectivity index (χ1) is 6.09. The van der Waals surface area contributed by atoms with E-state index in [-0.39, 0.29) is 5.75 Å². The van der Waals surface area contributed by atoms with Crippen LogP contribution in [0.5, 0.6) is 0 Å². The van der Waals surface area contributed by atoms with E-state index in [1.807, 2.05) is 13.8 Å². The van der Waals surface area contributed by atoms with Gasteiger partial charge in [0.25, 0.3) is 0 Å². The molecule has 0 aromatic carbocycles. The average molecular weight is 218 g/mol. The number of aromatic nitrogens is 2. The van der Waals surface area contributed by atoms with Crippen molar-refractivity contribution in [1.82, 2.24) is 10.2 Å². The predicted octanol–water partition coefficient (Wildman–Crippen LogP) is 1.84. The molecular formula is C7H10N2O2S2. The van der Waals surface area contributed by atoms with Gasteiger partial charge < -0.3 is 5.11 Å². The van der Waals surface area contributed by atoms with E-state index in [9.17, 15) is 4.79 Å². The van der Waals surface area contributed by atoms with Gasteiger partial charge in [-0.15, -0.1) is 10.2 Å². The van der Waals surface area contributed by atoms with Gasteiger partial charge in [-0.1, -0.05) is 36.9 Å². The molecule has 0 aliphatic heterocycles.